The van der Waals surface area contributed by atoms with Crippen molar-refractivity contribution in [2.45, 2.75) is 6.92 Å². The number of nitrogens with one attached hydrogen (secondary N) is 1. The minimum atomic E-state index is -3.88. The highest BCUT2D eigenvalue weighted by Crippen LogP contribution is 2.59. The molecule has 1 atom stereocenters. The first kappa shape index (κ1) is 22.2. The normalized spacial score (nSPS) is 13.6. The molecule has 0 heterocycles. The molecule has 3 rings (SSSR count). The van der Waals surface area contributed by atoms with Crippen LogP contribution < -0.4 is 10.6 Å². The second kappa shape index (κ2) is 10.0. The van der Waals surface area contributed by atoms with Gasteiger partial charge in [-0.25, -0.2) is 4.79 Å². The summed E-state index contributed by atoms with van der Waals surface area (Å²) in [5.41, 5.74) is 0.175. The summed E-state index contributed by atoms with van der Waals surface area (Å²) in [6, 6.07) is 25.1. The molecule has 3 aromatic rings. The molecule has 1 unspecified atom stereocenters. The molecule has 2 N–H and O–H groups in total. The van der Waals surface area contributed by atoms with Crippen LogP contribution in [0.15, 0.2) is 96.7 Å². The number of hydrogen-bond donors (Lipinski definition) is 2. The zero-order chi connectivity index (χ0) is 22.3. The number of carbonyl (C=O) groups is 2. The van der Waals surface area contributed by atoms with Crippen molar-refractivity contribution in [3.63, 3.8) is 0 Å². The minimum Gasteiger partial charge on any atom is -0.477 e. The van der Waals surface area contributed by atoms with E-state index in [4.69, 9.17) is 4.52 Å². The molecule has 3 aromatic carbocycles. The Morgan fingerprint density at radius 1 is 0.839 bits per heavy atom. The number of benzene rings is 3. The van der Waals surface area contributed by atoms with E-state index in [-0.39, 0.29) is 17.5 Å². The lowest BCUT2D eigenvalue weighted by molar-refractivity contribution is -0.132. The number of aliphatic carboxylic acids is 1. The molecule has 0 fully saturated rings. The molecular weight excluding hydrogens is 413 g/mol. The summed E-state index contributed by atoms with van der Waals surface area (Å²) in [4.78, 5) is 25.1. The van der Waals surface area contributed by atoms with Crippen LogP contribution in [0.25, 0.3) is 5.31 Å². The maximum atomic E-state index is 14.3. The van der Waals surface area contributed by atoms with Crippen molar-refractivity contribution in [2.75, 3.05) is 6.61 Å². The third-order valence-corrected chi connectivity index (χ3v) is 7.14. The van der Waals surface area contributed by atoms with E-state index in [9.17, 15) is 19.3 Å². The average molecular weight is 435 g/mol. The van der Waals surface area contributed by atoms with Crippen LogP contribution in [-0.4, -0.2) is 23.6 Å². The molecular formula is C24H22NO5P. The first-order valence-electron chi connectivity index (χ1n) is 9.67. The van der Waals surface area contributed by atoms with E-state index in [1.807, 2.05) is 0 Å². The maximum Gasteiger partial charge on any atom is 0.353 e. The van der Waals surface area contributed by atoms with Crippen LogP contribution in [0.2, 0.25) is 0 Å². The Kier molecular flexibility index (Phi) is 7.19. The van der Waals surface area contributed by atoms with Crippen molar-refractivity contribution in [3.05, 3.63) is 108 Å². The van der Waals surface area contributed by atoms with Crippen molar-refractivity contribution in [3.8, 4) is 0 Å². The van der Waals surface area contributed by atoms with Crippen LogP contribution in [-0.2, 0) is 13.9 Å². The van der Waals surface area contributed by atoms with Gasteiger partial charge in [-0.3, -0.25) is 9.36 Å². The number of carbonyl (C=O) groups excluding carboxylic acids is 1. The summed E-state index contributed by atoms with van der Waals surface area (Å²) in [5.74, 6) is -2.04. The Morgan fingerprint density at radius 3 is 1.81 bits per heavy atom. The monoisotopic (exact) mass is 435 g/mol. The van der Waals surface area contributed by atoms with Gasteiger partial charge in [-0.15, -0.1) is 0 Å². The molecule has 6 nitrogen and oxygen atoms in total. The fourth-order valence-corrected chi connectivity index (χ4v) is 5.52. The molecule has 0 aromatic heterocycles. The molecule has 158 valence electrons. The summed E-state index contributed by atoms with van der Waals surface area (Å²) in [6.07, 6.45) is 0. The first-order valence-corrected chi connectivity index (χ1v) is 11.3. The molecule has 0 aliphatic heterocycles. The summed E-state index contributed by atoms with van der Waals surface area (Å²) in [5, 5.41) is 12.7. The van der Waals surface area contributed by atoms with Crippen LogP contribution >= 0.6 is 7.37 Å². The average Bonchev–Trinajstić information content (AvgIpc) is 2.80. The summed E-state index contributed by atoms with van der Waals surface area (Å²) < 4.78 is 20.0. The van der Waals surface area contributed by atoms with E-state index in [2.05, 4.69) is 5.32 Å². The number of rotatable bonds is 8. The largest absolute Gasteiger partial charge is 0.477 e. The maximum absolute atomic E-state index is 14.3. The molecule has 1 amide bonds. The van der Waals surface area contributed by atoms with E-state index >= 15 is 0 Å². The molecule has 31 heavy (non-hydrogen) atoms. The van der Waals surface area contributed by atoms with E-state index in [0.29, 0.717) is 10.9 Å². The van der Waals surface area contributed by atoms with Crippen molar-refractivity contribution < 1.29 is 23.8 Å². The molecule has 0 spiro atoms. The van der Waals surface area contributed by atoms with Gasteiger partial charge in [0.05, 0.1) is 11.9 Å². The summed E-state index contributed by atoms with van der Waals surface area (Å²) in [6.45, 7) is 1.77. The van der Waals surface area contributed by atoms with Gasteiger partial charge < -0.3 is 14.9 Å². The summed E-state index contributed by atoms with van der Waals surface area (Å²) >= 11 is 0. The SMILES string of the molecule is CCOP(=O)(C(=C(NC(=O)c1ccccc1)C(=O)O)c1ccccc1)c1ccccc1. The number of hydrogen-bond acceptors (Lipinski definition) is 4. The fourth-order valence-electron chi connectivity index (χ4n) is 3.12. The fraction of sp³-hybridized carbons (Fsp3) is 0.0833. The molecule has 0 bridgehead atoms. The Bertz CT molecular complexity index is 1130. The second-order valence-electron chi connectivity index (χ2n) is 6.52. The molecule has 0 saturated heterocycles. The molecule has 0 aliphatic carbocycles. The van der Waals surface area contributed by atoms with Crippen molar-refractivity contribution in [2.24, 2.45) is 0 Å². The van der Waals surface area contributed by atoms with Crippen LogP contribution in [0, 0.1) is 0 Å². The topological polar surface area (TPSA) is 92.7 Å². The van der Waals surface area contributed by atoms with Crippen molar-refractivity contribution in [1.82, 2.24) is 5.32 Å². The predicted octanol–water partition coefficient (Wildman–Crippen LogP) is 4.51. The van der Waals surface area contributed by atoms with Gasteiger partial charge in [0, 0.05) is 10.9 Å². The van der Waals surface area contributed by atoms with Gasteiger partial charge in [0.15, 0.2) is 0 Å². The van der Waals surface area contributed by atoms with Gasteiger partial charge in [0.25, 0.3) is 13.3 Å². The van der Waals surface area contributed by atoms with E-state index in [0.717, 1.165) is 0 Å². The number of carboxylic acid groups (broad SMARTS) is 1. The lowest BCUT2D eigenvalue weighted by Crippen LogP contribution is -2.29. The van der Waals surface area contributed by atoms with E-state index < -0.39 is 24.9 Å². The first-order chi connectivity index (χ1) is 15.0. The zero-order valence-electron chi connectivity index (χ0n) is 16.9. The quantitative estimate of drug-likeness (QED) is 0.401. The van der Waals surface area contributed by atoms with E-state index in [1.165, 1.54) is 0 Å². The Morgan fingerprint density at radius 2 is 1.32 bits per heavy atom. The smallest absolute Gasteiger partial charge is 0.353 e. The molecule has 0 radical (unpaired) electrons. The van der Waals surface area contributed by atoms with Crippen LogP contribution in [0.4, 0.5) is 0 Å². The number of amides is 1. The minimum absolute atomic E-state index is 0.0714. The van der Waals surface area contributed by atoms with Gasteiger partial charge in [0.1, 0.15) is 5.70 Å². The highest BCUT2D eigenvalue weighted by atomic mass is 31.2. The van der Waals surface area contributed by atoms with Crippen LogP contribution in [0.5, 0.6) is 0 Å². The number of carboxylic acids is 1. The van der Waals surface area contributed by atoms with Crippen molar-refractivity contribution >= 4 is 29.9 Å². The second-order valence-corrected chi connectivity index (χ2v) is 8.84. The van der Waals surface area contributed by atoms with Gasteiger partial charge in [-0.1, -0.05) is 66.7 Å². The Balaban J connectivity index is 2.27. The van der Waals surface area contributed by atoms with E-state index in [1.54, 1.807) is 97.9 Å². The van der Waals surface area contributed by atoms with Gasteiger partial charge in [-0.2, -0.15) is 0 Å². The third-order valence-electron chi connectivity index (χ3n) is 4.47. The molecule has 0 saturated carbocycles. The van der Waals surface area contributed by atoms with Gasteiger partial charge in [-0.05, 0) is 36.8 Å². The Labute approximate surface area is 180 Å². The van der Waals surface area contributed by atoms with Gasteiger partial charge in [0.2, 0.25) is 0 Å². The lowest BCUT2D eigenvalue weighted by Gasteiger charge is -2.24. The van der Waals surface area contributed by atoms with Crippen molar-refractivity contribution in [1.29, 1.82) is 0 Å². The highest BCUT2D eigenvalue weighted by Gasteiger charge is 2.37. The van der Waals surface area contributed by atoms with Crippen LogP contribution in [0.1, 0.15) is 22.8 Å². The summed E-state index contributed by atoms with van der Waals surface area (Å²) in [7, 11) is -3.88. The van der Waals surface area contributed by atoms with Crippen LogP contribution in [0.3, 0.4) is 0 Å². The Hall–Kier alpha value is -3.47. The third kappa shape index (κ3) is 5.00. The predicted molar refractivity (Wildman–Crippen MR) is 120 cm³/mol. The lowest BCUT2D eigenvalue weighted by atomic mass is 10.1. The van der Waals surface area contributed by atoms with Gasteiger partial charge >= 0.3 is 5.97 Å². The molecule has 7 heteroatoms. The zero-order valence-corrected chi connectivity index (χ0v) is 17.8. The standard InChI is InChI=1S/C24H22NO5P/c1-2-30-31(29,20-16-10-5-11-17-20)22(18-12-6-3-7-13-18)21(24(27)28)25-23(26)19-14-8-4-9-15-19/h3-17H,2H2,1H3,(H,25,26)(H,27,28). The molecule has 0 aliphatic rings. The highest BCUT2D eigenvalue weighted by molar-refractivity contribution is 7.77.